The van der Waals surface area contributed by atoms with Crippen LogP contribution < -0.4 is 19.9 Å². The molecule has 15 heteroatoms. The zero-order chi connectivity index (χ0) is 42.2. The molecule has 0 radical (unpaired) electrons. The molecule has 2 aromatic carbocycles. The molecule has 1 N–H and O–H groups in total. The Labute approximate surface area is 354 Å². The van der Waals surface area contributed by atoms with E-state index in [0.717, 1.165) is 57.1 Å². The number of aromatic nitrogens is 1. The van der Waals surface area contributed by atoms with Crippen LogP contribution in [-0.4, -0.2) is 107 Å². The van der Waals surface area contributed by atoms with Crippen molar-refractivity contribution in [1.29, 1.82) is 0 Å². The number of benzene rings is 2. The average molecular weight is 837 g/mol. The second-order valence-electron chi connectivity index (χ2n) is 18.4. The number of halogens is 2. The third kappa shape index (κ3) is 6.83. The lowest BCUT2D eigenvalue weighted by Gasteiger charge is -2.65. The second kappa shape index (κ2) is 15.0. The van der Waals surface area contributed by atoms with Crippen molar-refractivity contribution in [2.24, 2.45) is 16.7 Å². The molecule has 0 spiro atoms. The molecule has 4 amide bonds. The number of nitrogens with one attached hydrogen (secondary N) is 1. The number of carbonyl (C=O) groups excluding carboxylic acids is 4. The van der Waals surface area contributed by atoms with Gasteiger partial charge in [0.1, 0.15) is 29.5 Å². The summed E-state index contributed by atoms with van der Waals surface area (Å²) in [6.45, 7) is 22.2. The Morgan fingerprint density at radius 3 is 2.27 bits per heavy atom. The van der Waals surface area contributed by atoms with Crippen LogP contribution in [0.15, 0.2) is 42.5 Å². The van der Waals surface area contributed by atoms with Gasteiger partial charge in [-0.1, -0.05) is 45.4 Å². The minimum atomic E-state index is -0.732. The normalized spacial score (nSPS) is 25.2. The van der Waals surface area contributed by atoms with Crippen LogP contribution in [-0.2, 0) is 22.7 Å². The molecular formula is C45H50ClFN8O5. The molecule has 13 nitrogen and oxygen atoms in total. The number of hydrogen-bond donors (Lipinski definition) is 1. The molecule has 0 bridgehead atoms. The van der Waals surface area contributed by atoms with E-state index in [9.17, 15) is 19.2 Å². The quantitative estimate of drug-likeness (QED) is 0.213. The van der Waals surface area contributed by atoms with Gasteiger partial charge in [0.15, 0.2) is 0 Å². The summed E-state index contributed by atoms with van der Waals surface area (Å²) in [5, 5.41) is 2.67. The second-order valence-corrected chi connectivity index (χ2v) is 18.9. The van der Waals surface area contributed by atoms with Gasteiger partial charge in [0.05, 0.1) is 35.1 Å². The number of rotatable bonds is 8. The largest absolute Gasteiger partial charge is 0.489 e. The van der Waals surface area contributed by atoms with Crippen molar-refractivity contribution in [3.63, 3.8) is 0 Å². The number of imide groups is 1. The number of pyridine rings is 1. The predicted octanol–water partition coefficient (Wildman–Crippen LogP) is 6.06. The Hall–Kier alpha value is -5.26. The minimum Gasteiger partial charge on any atom is -0.489 e. The van der Waals surface area contributed by atoms with E-state index in [-0.39, 0.29) is 65.6 Å². The van der Waals surface area contributed by atoms with Gasteiger partial charge in [-0.3, -0.25) is 29.4 Å². The summed E-state index contributed by atoms with van der Waals surface area (Å²) < 4.78 is 22.0. The third-order valence-corrected chi connectivity index (χ3v) is 14.2. The molecule has 1 unspecified atom stereocenters. The van der Waals surface area contributed by atoms with Crippen LogP contribution in [0.2, 0.25) is 5.02 Å². The number of nitrogens with zero attached hydrogens (tertiary/aromatic N) is 7. The fourth-order valence-electron chi connectivity index (χ4n) is 11.3. The summed E-state index contributed by atoms with van der Waals surface area (Å²) in [5.74, 6) is 0.415. The molecule has 3 aromatic rings. The summed E-state index contributed by atoms with van der Waals surface area (Å²) in [6.07, 6.45) is 2.31. The van der Waals surface area contributed by atoms with Crippen LogP contribution in [0, 0.1) is 29.1 Å². The molecule has 60 heavy (non-hydrogen) atoms. The van der Waals surface area contributed by atoms with Gasteiger partial charge in [-0.05, 0) is 67.1 Å². The van der Waals surface area contributed by atoms with Crippen LogP contribution in [0.1, 0.15) is 85.4 Å². The first-order chi connectivity index (χ1) is 28.6. The number of piperazine rings is 1. The van der Waals surface area contributed by atoms with Gasteiger partial charge in [0, 0.05) is 81.2 Å². The fourth-order valence-corrected chi connectivity index (χ4v) is 11.5. The Morgan fingerprint density at radius 2 is 1.58 bits per heavy atom. The topological polar surface area (TPSA) is 123 Å². The molecule has 3 saturated heterocycles. The molecule has 314 valence electrons. The molecule has 4 fully saturated rings. The van der Waals surface area contributed by atoms with Crippen LogP contribution in [0.3, 0.4) is 0 Å². The van der Waals surface area contributed by atoms with Crippen LogP contribution in [0.5, 0.6) is 5.75 Å². The van der Waals surface area contributed by atoms with Crippen molar-refractivity contribution in [3.05, 3.63) is 87.1 Å². The SMILES string of the molecule is [C-]#[N+]c1ccc(OC2C(C)(C)C(N3Cc4nc(N5CCC(CN6CCN(c7cc8c(cc7F)C(=O)N(C7CCC(=O)NC7=O)C8)CC6)CC5)ccc4C3=O)C2(C)C)cc1Cl. The molecule has 1 aliphatic carbocycles. The van der Waals surface area contributed by atoms with E-state index in [4.69, 9.17) is 27.9 Å². The van der Waals surface area contributed by atoms with E-state index in [2.05, 4.69) is 47.7 Å². The van der Waals surface area contributed by atoms with Gasteiger partial charge in [-0.2, -0.15) is 0 Å². The Morgan fingerprint density at radius 1 is 0.867 bits per heavy atom. The first kappa shape index (κ1) is 40.2. The van der Waals surface area contributed by atoms with Gasteiger partial charge in [-0.25, -0.2) is 14.2 Å². The zero-order valence-corrected chi connectivity index (χ0v) is 35.2. The van der Waals surface area contributed by atoms with Gasteiger partial charge in [0.25, 0.3) is 11.8 Å². The van der Waals surface area contributed by atoms with Crippen LogP contribution in [0.4, 0.5) is 21.6 Å². The summed E-state index contributed by atoms with van der Waals surface area (Å²) in [6, 6.07) is 11.3. The minimum absolute atomic E-state index is 0.00217. The van der Waals surface area contributed by atoms with Crippen LogP contribution >= 0.6 is 11.6 Å². The number of carbonyl (C=O) groups is 4. The molecule has 1 atom stereocenters. The number of ether oxygens (including phenoxy) is 1. The number of hydrogen-bond acceptors (Lipinski definition) is 9. The molecular weight excluding hydrogens is 787 g/mol. The number of amides is 4. The monoisotopic (exact) mass is 836 g/mol. The van der Waals surface area contributed by atoms with Crippen molar-refractivity contribution >= 4 is 52.4 Å². The Kier molecular flexibility index (Phi) is 10.1. The molecule has 6 heterocycles. The highest BCUT2D eigenvalue weighted by Gasteiger charge is 2.67. The molecule has 1 saturated carbocycles. The van der Waals surface area contributed by atoms with E-state index in [1.165, 1.54) is 11.0 Å². The molecule has 1 aromatic heterocycles. The van der Waals surface area contributed by atoms with Gasteiger partial charge in [0.2, 0.25) is 17.5 Å². The standard InChI is InChI=1S/C45H50ClFN8O5/c1-44(2)42(45(3,4)43(44)60-28-6-8-33(48-5)31(46)21-28)55-25-34-29(40(55)58)7-10-37(49-34)53-14-12-26(13-15-53)23-51-16-18-52(19-17-51)36-20-27-24-54(41(59)30(27)22-32(36)47)35-9-11-38(56)50-39(35)57/h6-8,10,20-22,26,35,42-43H,9,11-19,23-25H2,1-4H3,(H,50,56,57). The molecule has 6 aliphatic rings. The van der Waals surface area contributed by atoms with E-state index in [1.807, 2.05) is 21.9 Å². The maximum absolute atomic E-state index is 15.5. The molecule has 9 rings (SSSR count). The lowest BCUT2D eigenvalue weighted by atomic mass is 9.49. The Balaban J connectivity index is 0.768. The summed E-state index contributed by atoms with van der Waals surface area (Å²) >= 11 is 6.31. The number of fused-ring (bicyclic) bond motifs is 2. The van der Waals surface area contributed by atoms with Gasteiger partial charge >= 0.3 is 0 Å². The first-order valence-electron chi connectivity index (χ1n) is 21.0. The Bertz CT molecular complexity index is 2320. The number of anilines is 2. The highest BCUT2D eigenvalue weighted by Crippen LogP contribution is 2.59. The maximum atomic E-state index is 15.5. The lowest BCUT2D eigenvalue weighted by Crippen LogP contribution is -2.74. The smallest absolute Gasteiger partial charge is 0.256 e. The fraction of sp³-hybridized carbons (Fsp3) is 0.511. The number of piperidine rings is 2. The van der Waals surface area contributed by atoms with Gasteiger partial charge < -0.3 is 24.3 Å². The zero-order valence-electron chi connectivity index (χ0n) is 34.5. The van der Waals surface area contributed by atoms with Crippen LogP contribution in [0.25, 0.3) is 4.85 Å². The van der Waals surface area contributed by atoms with Crippen molar-refractivity contribution in [3.8, 4) is 5.75 Å². The first-order valence-corrected chi connectivity index (χ1v) is 21.4. The average Bonchev–Trinajstić information content (AvgIpc) is 3.70. The third-order valence-electron chi connectivity index (χ3n) is 13.9. The predicted molar refractivity (Wildman–Crippen MR) is 224 cm³/mol. The van der Waals surface area contributed by atoms with E-state index in [1.54, 1.807) is 24.3 Å². The van der Waals surface area contributed by atoms with Crippen molar-refractivity contribution in [2.45, 2.75) is 84.7 Å². The maximum Gasteiger partial charge on any atom is 0.256 e. The highest BCUT2D eigenvalue weighted by molar-refractivity contribution is 6.33. The van der Waals surface area contributed by atoms with E-state index >= 15 is 4.39 Å². The molecule has 5 aliphatic heterocycles. The lowest BCUT2D eigenvalue weighted by molar-refractivity contribution is -0.199. The van der Waals surface area contributed by atoms with Crippen molar-refractivity contribution in [1.82, 2.24) is 25.0 Å². The highest BCUT2D eigenvalue weighted by atomic mass is 35.5. The van der Waals surface area contributed by atoms with Gasteiger partial charge in [-0.15, -0.1) is 0 Å². The van der Waals surface area contributed by atoms with E-state index < -0.39 is 17.8 Å². The van der Waals surface area contributed by atoms with E-state index in [0.29, 0.717) is 58.8 Å². The summed E-state index contributed by atoms with van der Waals surface area (Å²) in [7, 11) is 0. The summed E-state index contributed by atoms with van der Waals surface area (Å²) in [4.78, 5) is 69.9. The van der Waals surface area contributed by atoms with Crippen molar-refractivity contribution in [2.75, 3.05) is 55.6 Å². The summed E-state index contributed by atoms with van der Waals surface area (Å²) in [5.41, 5.74) is 2.62. The van der Waals surface area contributed by atoms with Crippen molar-refractivity contribution < 1.29 is 28.3 Å².